The Balaban J connectivity index is 0.00000162. The van der Waals surface area contributed by atoms with E-state index in [0.29, 0.717) is 5.69 Å². The molecule has 0 amide bonds. The number of anilines is 1. The molecule has 2 rings (SSSR count). The fourth-order valence-electron chi connectivity index (χ4n) is 1.49. The maximum Gasteiger partial charge on any atom is 1.00 e. The summed E-state index contributed by atoms with van der Waals surface area (Å²) < 4.78 is 30.4. The minimum absolute atomic E-state index is 0. The number of benzene rings is 2. The molecule has 0 radical (unpaired) electrons. The molecule has 0 bridgehead atoms. The summed E-state index contributed by atoms with van der Waals surface area (Å²) in [6.45, 7) is 3.25. The fourth-order valence-corrected chi connectivity index (χ4v) is 1.74. The average Bonchev–Trinajstić information content (AvgIpc) is 2.27. The van der Waals surface area contributed by atoms with E-state index >= 15 is 0 Å². The maximum atomic E-state index is 10.8. The van der Waals surface area contributed by atoms with Crippen LogP contribution >= 0.6 is 0 Å². The van der Waals surface area contributed by atoms with Crippen LogP contribution in [-0.2, 0) is 10.1 Å². The molecule has 0 aliphatic rings. The van der Waals surface area contributed by atoms with Crippen LogP contribution in [0.15, 0.2) is 54.1 Å². The molecule has 0 saturated carbocycles. The third-order valence-corrected chi connectivity index (χ3v) is 3.07. The molecule has 0 heterocycles. The van der Waals surface area contributed by atoms with Gasteiger partial charge in [0, 0.05) is 5.69 Å². The van der Waals surface area contributed by atoms with Gasteiger partial charge < -0.3 is 5.32 Å². The largest absolute Gasteiger partial charge is 1.00 e. The molecule has 2 aromatic carbocycles. The van der Waals surface area contributed by atoms with Crippen LogP contribution in [0.2, 0.25) is 0 Å². The Kier molecular flexibility index (Phi) is 4.95. The molecule has 0 saturated heterocycles. The number of nitrogens with one attached hydrogen (secondary N) is 1. The van der Waals surface area contributed by atoms with Gasteiger partial charge in [-0.1, -0.05) is 36.9 Å². The van der Waals surface area contributed by atoms with Crippen LogP contribution in [0, 0.1) is 0 Å². The fraction of sp³-hybridized carbons (Fsp3) is 0. The standard InChI is InChI=1S/C12H11NO3S.Na/c1-9(17(14,15)16)13-12-7-6-10-4-2-3-5-11(10)8-12;/h2-8,13H,1H2,(H,14,15,16);/q;+1. The molecular weight excluding hydrogens is 261 g/mol. The molecule has 2 N–H and O–H groups in total. The molecule has 6 heteroatoms. The normalized spacial score (nSPS) is 10.7. The van der Waals surface area contributed by atoms with Gasteiger partial charge in [0.2, 0.25) is 0 Å². The quantitative estimate of drug-likeness (QED) is 0.590. The van der Waals surface area contributed by atoms with Crippen LogP contribution in [0.1, 0.15) is 0 Å². The molecule has 18 heavy (non-hydrogen) atoms. The Morgan fingerprint density at radius 1 is 1.11 bits per heavy atom. The average molecular weight is 272 g/mol. The van der Waals surface area contributed by atoms with Gasteiger partial charge in [0.25, 0.3) is 0 Å². The van der Waals surface area contributed by atoms with Crippen molar-refractivity contribution in [2.24, 2.45) is 0 Å². The van der Waals surface area contributed by atoms with Crippen LogP contribution < -0.4 is 34.9 Å². The first-order valence-electron chi connectivity index (χ1n) is 4.89. The first-order chi connectivity index (χ1) is 7.97. The second kappa shape index (κ2) is 5.86. The predicted octanol–water partition coefficient (Wildman–Crippen LogP) is -0.385. The molecule has 0 fully saturated rings. The van der Waals surface area contributed by atoms with Gasteiger partial charge >= 0.3 is 39.7 Å². The minimum atomic E-state index is -4.26. The van der Waals surface area contributed by atoms with Gasteiger partial charge in [-0.05, 0) is 22.9 Å². The predicted molar refractivity (Wildman–Crippen MR) is 68.3 cm³/mol. The van der Waals surface area contributed by atoms with Crippen LogP contribution in [0.5, 0.6) is 0 Å². The molecule has 0 unspecified atom stereocenters. The van der Waals surface area contributed by atoms with E-state index in [0.717, 1.165) is 10.8 Å². The molecule has 0 spiro atoms. The Bertz CT molecular complexity index is 683. The summed E-state index contributed by atoms with van der Waals surface area (Å²) >= 11 is 0. The van der Waals surface area contributed by atoms with E-state index in [4.69, 9.17) is 4.55 Å². The van der Waals surface area contributed by atoms with Crippen LogP contribution in [-0.4, -0.2) is 13.0 Å². The van der Waals surface area contributed by atoms with Crippen molar-refractivity contribution in [3.63, 3.8) is 0 Å². The summed E-state index contributed by atoms with van der Waals surface area (Å²) in [4.78, 5) is 0. The minimum Gasteiger partial charge on any atom is -0.345 e. The van der Waals surface area contributed by atoms with Gasteiger partial charge in [0.05, 0.1) is 0 Å². The Morgan fingerprint density at radius 2 is 1.72 bits per heavy atom. The summed E-state index contributed by atoms with van der Waals surface area (Å²) in [6.07, 6.45) is 0. The number of hydrogen-bond acceptors (Lipinski definition) is 3. The first kappa shape index (κ1) is 15.2. The van der Waals surface area contributed by atoms with Crippen molar-refractivity contribution in [3.8, 4) is 0 Å². The first-order valence-corrected chi connectivity index (χ1v) is 6.33. The van der Waals surface area contributed by atoms with E-state index in [1.54, 1.807) is 12.1 Å². The summed E-state index contributed by atoms with van der Waals surface area (Å²) in [6, 6.07) is 13.0. The molecule has 4 nitrogen and oxygen atoms in total. The third kappa shape index (κ3) is 3.57. The van der Waals surface area contributed by atoms with Gasteiger partial charge in [-0.15, -0.1) is 0 Å². The van der Waals surface area contributed by atoms with Gasteiger partial charge in [-0.25, -0.2) is 0 Å². The van der Waals surface area contributed by atoms with Gasteiger partial charge in [0.15, 0.2) is 5.03 Å². The van der Waals surface area contributed by atoms with Crippen molar-refractivity contribution in [1.29, 1.82) is 0 Å². The molecule has 0 atom stereocenters. The van der Waals surface area contributed by atoms with Gasteiger partial charge in [-0.2, -0.15) is 8.42 Å². The number of fused-ring (bicyclic) bond motifs is 1. The second-order valence-corrected chi connectivity index (χ2v) is 5.03. The Hall–Kier alpha value is -0.850. The van der Waals surface area contributed by atoms with E-state index in [-0.39, 0.29) is 29.6 Å². The second-order valence-electron chi connectivity index (χ2n) is 3.59. The monoisotopic (exact) mass is 272 g/mol. The van der Waals surface area contributed by atoms with E-state index in [1.165, 1.54) is 0 Å². The zero-order valence-electron chi connectivity index (χ0n) is 9.92. The summed E-state index contributed by atoms with van der Waals surface area (Å²) in [7, 11) is -4.26. The van der Waals surface area contributed by atoms with Crippen molar-refractivity contribution in [3.05, 3.63) is 54.1 Å². The maximum absolute atomic E-state index is 10.8. The topological polar surface area (TPSA) is 66.4 Å². The molecule has 0 aliphatic heterocycles. The zero-order chi connectivity index (χ0) is 12.5. The number of rotatable bonds is 3. The summed E-state index contributed by atoms with van der Waals surface area (Å²) in [5, 5.41) is 4.13. The van der Waals surface area contributed by atoms with Crippen molar-refractivity contribution in [2.75, 3.05) is 5.32 Å². The molecular formula is C12H11NNaO3S+. The Labute approximate surface area is 128 Å². The van der Waals surface area contributed by atoms with Crippen molar-refractivity contribution in [1.82, 2.24) is 0 Å². The smallest absolute Gasteiger partial charge is 0.345 e. The van der Waals surface area contributed by atoms with E-state index < -0.39 is 15.1 Å². The third-order valence-electron chi connectivity index (χ3n) is 2.34. The summed E-state index contributed by atoms with van der Waals surface area (Å²) in [5.41, 5.74) is 0.561. The van der Waals surface area contributed by atoms with Crippen LogP contribution in [0.4, 0.5) is 5.69 Å². The van der Waals surface area contributed by atoms with E-state index in [2.05, 4.69) is 11.9 Å². The van der Waals surface area contributed by atoms with E-state index in [1.807, 2.05) is 30.3 Å². The number of hydrogen-bond donors (Lipinski definition) is 2. The van der Waals surface area contributed by atoms with Crippen LogP contribution in [0.25, 0.3) is 10.8 Å². The van der Waals surface area contributed by atoms with Gasteiger partial charge in [0.1, 0.15) is 0 Å². The SMILES string of the molecule is C=C(Nc1ccc2ccccc2c1)S(=O)(=O)O.[Na+]. The molecule has 88 valence electrons. The molecule has 2 aromatic rings. The van der Waals surface area contributed by atoms with Crippen molar-refractivity contribution >= 4 is 26.6 Å². The molecule has 0 aromatic heterocycles. The molecule has 0 aliphatic carbocycles. The zero-order valence-corrected chi connectivity index (χ0v) is 12.7. The summed E-state index contributed by atoms with van der Waals surface area (Å²) in [5.74, 6) is 0. The van der Waals surface area contributed by atoms with Crippen molar-refractivity contribution < 1.29 is 42.5 Å². The van der Waals surface area contributed by atoms with Crippen LogP contribution in [0.3, 0.4) is 0 Å². The van der Waals surface area contributed by atoms with Gasteiger partial charge in [-0.3, -0.25) is 4.55 Å². The van der Waals surface area contributed by atoms with E-state index in [9.17, 15) is 8.42 Å². The Morgan fingerprint density at radius 3 is 2.33 bits per heavy atom. The van der Waals surface area contributed by atoms with Crippen molar-refractivity contribution in [2.45, 2.75) is 0 Å².